The molecule has 0 aliphatic heterocycles. The van der Waals surface area contributed by atoms with E-state index in [9.17, 15) is 0 Å². The molecule has 3 heteroatoms. The van der Waals surface area contributed by atoms with Crippen molar-refractivity contribution in [2.45, 2.75) is 13.8 Å². The summed E-state index contributed by atoms with van der Waals surface area (Å²) in [5.74, 6) is 0.486. The smallest absolute Gasteiger partial charge is 0.00684 e. The van der Waals surface area contributed by atoms with Crippen LogP contribution in [-0.2, 0) is 32.7 Å². The van der Waals surface area contributed by atoms with Crippen LogP contribution in [0.2, 0.25) is 0 Å². The number of rotatable bonds is 0. The van der Waals surface area contributed by atoms with Gasteiger partial charge in [0.05, 0.1) is 0 Å². The molecule has 0 aliphatic carbocycles. The van der Waals surface area contributed by atoms with Crippen molar-refractivity contribution in [2.75, 3.05) is 0 Å². The first kappa shape index (κ1) is 16.1. The van der Waals surface area contributed by atoms with Crippen molar-refractivity contribution in [2.24, 2.45) is 0 Å². The molecular formula is C14H14O2Y-2. The minimum Gasteiger partial charge on any atom is -0.534 e. The summed E-state index contributed by atoms with van der Waals surface area (Å²) >= 11 is 0. The molecule has 0 aliphatic rings. The van der Waals surface area contributed by atoms with E-state index in [1.165, 1.54) is 0 Å². The molecule has 0 spiro atoms. The van der Waals surface area contributed by atoms with Crippen LogP contribution in [0.3, 0.4) is 0 Å². The van der Waals surface area contributed by atoms with E-state index in [2.05, 4.69) is 12.1 Å². The van der Waals surface area contributed by atoms with Crippen LogP contribution in [0.25, 0.3) is 0 Å². The Morgan fingerprint density at radius 1 is 0.824 bits per heavy atom. The summed E-state index contributed by atoms with van der Waals surface area (Å²) in [6, 6.07) is 16.0. The van der Waals surface area contributed by atoms with Crippen LogP contribution in [0.15, 0.2) is 36.4 Å². The van der Waals surface area contributed by atoms with Crippen LogP contribution in [0.1, 0.15) is 11.1 Å². The van der Waals surface area contributed by atoms with Crippen molar-refractivity contribution in [1.82, 2.24) is 0 Å². The van der Waals surface area contributed by atoms with Crippen molar-refractivity contribution in [3.8, 4) is 11.5 Å². The molecule has 0 atom stereocenters. The number of phenolic OH excluding ortho intramolecular Hbond substituents is 2. The number of phenols is 2. The van der Waals surface area contributed by atoms with Gasteiger partial charge in [-0.25, -0.2) is 0 Å². The molecule has 0 unspecified atom stereocenters. The zero-order valence-corrected chi connectivity index (χ0v) is 12.8. The fraction of sp³-hybridized carbons (Fsp3) is 0.143. The molecule has 17 heavy (non-hydrogen) atoms. The Labute approximate surface area is 127 Å². The van der Waals surface area contributed by atoms with Gasteiger partial charge in [0.15, 0.2) is 0 Å². The van der Waals surface area contributed by atoms with Crippen LogP contribution in [0.5, 0.6) is 11.5 Å². The molecule has 0 fully saturated rings. The summed E-state index contributed by atoms with van der Waals surface area (Å²) in [4.78, 5) is 0. The number of benzene rings is 2. The van der Waals surface area contributed by atoms with Gasteiger partial charge in [0.2, 0.25) is 0 Å². The maximum atomic E-state index is 8.86. The molecule has 87 valence electrons. The summed E-state index contributed by atoms with van der Waals surface area (Å²) in [5.41, 5.74) is 1.74. The summed E-state index contributed by atoms with van der Waals surface area (Å²) < 4.78 is 0. The van der Waals surface area contributed by atoms with Gasteiger partial charge < -0.3 is 10.2 Å². The van der Waals surface area contributed by atoms with Gasteiger partial charge in [-0.15, -0.1) is 23.3 Å². The summed E-state index contributed by atoms with van der Waals surface area (Å²) in [6.45, 7) is 3.68. The van der Waals surface area contributed by atoms with Crippen LogP contribution < -0.4 is 0 Å². The third-order valence-corrected chi connectivity index (χ3v) is 2.07. The minimum absolute atomic E-state index is 0. The molecule has 2 N–H and O–H groups in total. The normalized spacial score (nSPS) is 8.59. The van der Waals surface area contributed by atoms with Crippen LogP contribution >= 0.6 is 0 Å². The van der Waals surface area contributed by atoms with Gasteiger partial charge in [0, 0.05) is 44.2 Å². The van der Waals surface area contributed by atoms with Crippen molar-refractivity contribution >= 4 is 0 Å². The molecular weight excluding hydrogens is 289 g/mol. The van der Waals surface area contributed by atoms with Crippen molar-refractivity contribution in [1.29, 1.82) is 0 Å². The molecule has 0 bridgehead atoms. The zero-order valence-electron chi connectivity index (χ0n) is 9.94. The maximum absolute atomic E-state index is 8.86. The first-order chi connectivity index (χ1) is 7.61. The maximum Gasteiger partial charge on any atom is 0.00684 e. The second-order valence-electron chi connectivity index (χ2n) is 3.40. The van der Waals surface area contributed by atoms with E-state index >= 15 is 0 Å². The molecule has 0 saturated heterocycles. The molecule has 2 nitrogen and oxygen atoms in total. The van der Waals surface area contributed by atoms with E-state index < -0.39 is 0 Å². The van der Waals surface area contributed by atoms with E-state index in [0.29, 0.717) is 0 Å². The second-order valence-corrected chi connectivity index (χ2v) is 3.40. The standard InChI is InChI=1S/2C7H7O.Y/c2*1-6-4-2-3-5-7(6)8;/h2*2-4,8H,1H3;/q2*-1;. The largest absolute Gasteiger partial charge is 0.534 e. The van der Waals surface area contributed by atoms with E-state index in [1.54, 1.807) is 12.1 Å². The monoisotopic (exact) mass is 303 g/mol. The summed E-state index contributed by atoms with van der Waals surface area (Å²) in [6.07, 6.45) is 0. The number of aryl methyl sites for hydroxylation is 2. The van der Waals surface area contributed by atoms with Gasteiger partial charge >= 0.3 is 0 Å². The summed E-state index contributed by atoms with van der Waals surface area (Å²) in [7, 11) is 0. The number of para-hydroxylation sites is 2. The predicted octanol–water partition coefficient (Wildman–Crippen LogP) is 3.00. The fourth-order valence-electron chi connectivity index (χ4n) is 1.02. The fourth-order valence-corrected chi connectivity index (χ4v) is 1.02. The van der Waals surface area contributed by atoms with Gasteiger partial charge in [-0.2, -0.15) is 36.4 Å². The average Bonchev–Trinajstić information content (AvgIpc) is 2.28. The molecule has 2 aromatic rings. The Balaban J connectivity index is 0.000000284. The van der Waals surface area contributed by atoms with Gasteiger partial charge in [0.25, 0.3) is 0 Å². The van der Waals surface area contributed by atoms with E-state index in [1.807, 2.05) is 38.1 Å². The Morgan fingerprint density at radius 2 is 1.18 bits per heavy atom. The van der Waals surface area contributed by atoms with Crippen LogP contribution in [0, 0.1) is 26.0 Å². The van der Waals surface area contributed by atoms with E-state index in [0.717, 1.165) is 11.1 Å². The number of hydrogen-bond donors (Lipinski definition) is 2. The molecule has 0 saturated carbocycles. The SMILES string of the molecule is Cc1ccc[c-]c1O.Cc1ccc[c-]c1O.[Y]. The average molecular weight is 303 g/mol. The van der Waals surface area contributed by atoms with E-state index in [4.69, 9.17) is 10.2 Å². The zero-order chi connectivity index (χ0) is 12.0. The van der Waals surface area contributed by atoms with Crippen LogP contribution in [0.4, 0.5) is 0 Å². The quantitative estimate of drug-likeness (QED) is 0.735. The Bertz CT molecular complexity index is 370. The Hall–Kier alpha value is -0.856. The van der Waals surface area contributed by atoms with Crippen molar-refractivity contribution in [3.05, 3.63) is 59.7 Å². The molecule has 0 amide bonds. The predicted molar refractivity (Wildman–Crippen MR) is 63.4 cm³/mol. The summed E-state index contributed by atoms with van der Waals surface area (Å²) in [5, 5.41) is 17.7. The molecule has 2 rings (SSSR count). The van der Waals surface area contributed by atoms with Gasteiger partial charge in [-0.3, -0.25) is 0 Å². The third-order valence-electron chi connectivity index (χ3n) is 2.07. The van der Waals surface area contributed by atoms with E-state index in [-0.39, 0.29) is 44.2 Å². The molecule has 0 aromatic heterocycles. The third kappa shape index (κ3) is 5.85. The Kier molecular flexibility index (Phi) is 7.85. The first-order valence-corrected chi connectivity index (χ1v) is 4.94. The molecule has 1 radical (unpaired) electrons. The van der Waals surface area contributed by atoms with Gasteiger partial charge in [-0.05, 0) is 0 Å². The topological polar surface area (TPSA) is 40.5 Å². The van der Waals surface area contributed by atoms with Crippen LogP contribution in [-0.4, -0.2) is 10.2 Å². The number of hydrogen-bond acceptors (Lipinski definition) is 2. The minimum atomic E-state index is 0. The number of aromatic hydroxyl groups is 2. The van der Waals surface area contributed by atoms with Gasteiger partial charge in [0.1, 0.15) is 0 Å². The van der Waals surface area contributed by atoms with Crippen molar-refractivity contribution in [3.63, 3.8) is 0 Å². The second kappa shape index (κ2) is 8.27. The first-order valence-electron chi connectivity index (χ1n) is 4.94. The molecule has 2 aromatic carbocycles. The Morgan fingerprint density at radius 3 is 1.35 bits per heavy atom. The van der Waals surface area contributed by atoms with Gasteiger partial charge in [-0.1, -0.05) is 13.8 Å². The molecule has 0 heterocycles. The van der Waals surface area contributed by atoms with Crippen molar-refractivity contribution < 1.29 is 42.9 Å².